The molecular weight excluding hydrogens is 288 g/mol. The number of hydrazine groups is 1. The van der Waals surface area contributed by atoms with Gasteiger partial charge in [0.1, 0.15) is 17.3 Å². The first-order valence-corrected chi connectivity index (χ1v) is 6.41. The van der Waals surface area contributed by atoms with Crippen molar-refractivity contribution in [2.24, 2.45) is 5.84 Å². The number of nitrogens with one attached hydrogen (secondary N) is 1. The molecule has 7 nitrogen and oxygen atoms in total. The second kappa shape index (κ2) is 5.74. The summed E-state index contributed by atoms with van der Waals surface area (Å²) < 4.78 is 15.9. The van der Waals surface area contributed by atoms with Crippen LogP contribution >= 0.6 is 0 Å². The molecule has 22 heavy (non-hydrogen) atoms. The number of rotatable bonds is 4. The summed E-state index contributed by atoms with van der Waals surface area (Å²) in [4.78, 5) is 23.2. The van der Waals surface area contributed by atoms with Crippen LogP contribution in [0.5, 0.6) is 11.5 Å². The fraction of sp³-hybridized carbons (Fsp3) is 0.0667. The van der Waals surface area contributed by atoms with Gasteiger partial charge in [0.05, 0.1) is 11.8 Å². The molecule has 3 N–H and O–H groups in total. The Hall–Kier alpha value is -3.06. The zero-order valence-corrected chi connectivity index (χ0v) is 11.4. The summed E-state index contributed by atoms with van der Waals surface area (Å²) in [5.74, 6) is 5.72. The van der Waals surface area contributed by atoms with Crippen LogP contribution in [0.1, 0.15) is 16.1 Å². The fourth-order valence-electron chi connectivity index (χ4n) is 1.95. The van der Waals surface area contributed by atoms with Gasteiger partial charge in [-0.15, -0.1) is 0 Å². The van der Waals surface area contributed by atoms with E-state index in [-0.39, 0.29) is 18.1 Å². The SMILES string of the molecule is NNC(=O)COc1ccc2c(c1)OC(=Cc1ccco1)C2=O. The molecule has 7 heteroatoms. The molecule has 3 rings (SSSR count). The van der Waals surface area contributed by atoms with Crippen LogP contribution in [-0.4, -0.2) is 18.3 Å². The van der Waals surface area contributed by atoms with Crippen molar-refractivity contribution < 1.29 is 23.5 Å². The van der Waals surface area contributed by atoms with E-state index in [4.69, 9.17) is 19.7 Å². The quantitative estimate of drug-likeness (QED) is 0.381. The van der Waals surface area contributed by atoms with E-state index in [2.05, 4.69) is 0 Å². The highest BCUT2D eigenvalue weighted by Gasteiger charge is 2.28. The molecule has 0 saturated carbocycles. The lowest BCUT2D eigenvalue weighted by molar-refractivity contribution is -0.123. The third kappa shape index (κ3) is 2.70. The van der Waals surface area contributed by atoms with Crippen LogP contribution in [0.4, 0.5) is 0 Å². The highest BCUT2D eigenvalue weighted by Crippen LogP contribution is 2.34. The third-order valence-corrected chi connectivity index (χ3v) is 2.99. The average molecular weight is 300 g/mol. The van der Waals surface area contributed by atoms with Gasteiger partial charge in [-0.2, -0.15) is 0 Å². The highest BCUT2D eigenvalue weighted by molar-refractivity contribution is 6.14. The van der Waals surface area contributed by atoms with E-state index in [1.807, 2.05) is 5.43 Å². The Morgan fingerprint density at radius 2 is 2.23 bits per heavy atom. The molecule has 0 fully saturated rings. The molecule has 1 aliphatic rings. The van der Waals surface area contributed by atoms with Crippen molar-refractivity contribution >= 4 is 17.8 Å². The predicted molar refractivity (Wildman–Crippen MR) is 75.9 cm³/mol. The largest absolute Gasteiger partial charge is 0.484 e. The molecular formula is C15H12N2O5. The Labute approximate surface area is 125 Å². The molecule has 1 aromatic heterocycles. The van der Waals surface area contributed by atoms with Crippen molar-refractivity contribution in [1.29, 1.82) is 0 Å². The van der Waals surface area contributed by atoms with Gasteiger partial charge in [0.25, 0.3) is 5.91 Å². The van der Waals surface area contributed by atoms with Crippen molar-refractivity contribution in [3.05, 3.63) is 53.7 Å². The zero-order chi connectivity index (χ0) is 15.5. The number of hydrogen-bond acceptors (Lipinski definition) is 6. The maximum Gasteiger partial charge on any atom is 0.271 e. The number of Topliss-reactive ketones (excluding diaryl/α,β-unsaturated/α-hetero) is 1. The standard InChI is InChI=1S/C15H12N2O5/c16-17-14(18)8-21-10-3-4-11-12(6-10)22-13(15(11)19)7-9-2-1-5-20-9/h1-7H,8,16H2,(H,17,18). The molecule has 112 valence electrons. The number of nitrogens with two attached hydrogens (primary N) is 1. The van der Waals surface area contributed by atoms with Gasteiger partial charge in [0.15, 0.2) is 12.4 Å². The summed E-state index contributed by atoms with van der Waals surface area (Å²) in [6.45, 7) is -0.224. The Balaban J connectivity index is 1.79. The predicted octanol–water partition coefficient (Wildman–Crippen LogP) is 1.26. The fourth-order valence-corrected chi connectivity index (χ4v) is 1.95. The van der Waals surface area contributed by atoms with E-state index in [1.165, 1.54) is 12.3 Å². The Kier molecular flexibility index (Phi) is 3.63. The molecule has 0 bridgehead atoms. The van der Waals surface area contributed by atoms with Crippen molar-refractivity contribution in [1.82, 2.24) is 5.43 Å². The molecule has 1 amide bonds. The van der Waals surface area contributed by atoms with Crippen LogP contribution in [-0.2, 0) is 4.79 Å². The number of ketones is 1. The number of carbonyl (C=O) groups excluding carboxylic acids is 2. The van der Waals surface area contributed by atoms with Gasteiger partial charge >= 0.3 is 0 Å². The summed E-state index contributed by atoms with van der Waals surface area (Å²) in [6, 6.07) is 8.13. The van der Waals surface area contributed by atoms with Gasteiger partial charge in [0.2, 0.25) is 5.78 Å². The number of carbonyl (C=O) groups is 2. The van der Waals surface area contributed by atoms with Crippen LogP contribution in [0, 0.1) is 0 Å². The average Bonchev–Trinajstić information content (AvgIpc) is 3.14. The molecule has 0 radical (unpaired) electrons. The minimum absolute atomic E-state index is 0.168. The summed E-state index contributed by atoms with van der Waals surface area (Å²) in [5.41, 5.74) is 2.38. The van der Waals surface area contributed by atoms with Crippen molar-refractivity contribution in [2.75, 3.05) is 6.61 Å². The number of benzene rings is 1. The van der Waals surface area contributed by atoms with Gasteiger partial charge in [-0.3, -0.25) is 15.0 Å². The molecule has 0 atom stereocenters. The minimum atomic E-state index is -0.462. The highest BCUT2D eigenvalue weighted by atomic mass is 16.5. The second-order valence-electron chi connectivity index (χ2n) is 4.47. The number of furan rings is 1. The maximum atomic E-state index is 12.2. The lowest BCUT2D eigenvalue weighted by atomic mass is 10.1. The summed E-state index contributed by atoms with van der Waals surface area (Å²) in [6.07, 6.45) is 3.03. The first-order chi connectivity index (χ1) is 10.7. The van der Waals surface area contributed by atoms with Crippen LogP contribution < -0.4 is 20.7 Å². The van der Waals surface area contributed by atoms with E-state index >= 15 is 0 Å². The van der Waals surface area contributed by atoms with Gasteiger partial charge in [-0.1, -0.05) is 0 Å². The molecule has 2 heterocycles. The van der Waals surface area contributed by atoms with Gasteiger partial charge in [0, 0.05) is 12.1 Å². The van der Waals surface area contributed by atoms with Crippen LogP contribution in [0.2, 0.25) is 0 Å². The monoisotopic (exact) mass is 300 g/mol. The molecule has 0 spiro atoms. The molecule has 1 aromatic carbocycles. The summed E-state index contributed by atoms with van der Waals surface area (Å²) >= 11 is 0. The van der Waals surface area contributed by atoms with Crippen molar-refractivity contribution in [3.8, 4) is 11.5 Å². The molecule has 0 saturated heterocycles. The Morgan fingerprint density at radius 3 is 2.95 bits per heavy atom. The van der Waals surface area contributed by atoms with E-state index < -0.39 is 5.91 Å². The zero-order valence-electron chi connectivity index (χ0n) is 11.4. The van der Waals surface area contributed by atoms with E-state index in [0.29, 0.717) is 22.8 Å². The topological polar surface area (TPSA) is 104 Å². The molecule has 0 aliphatic carbocycles. The number of allylic oxidation sites excluding steroid dienone is 1. The normalized spacial score (nSPS) is 14.6. The number of ether oxygens (including phenoxy) is 2. The third-order valence-electron chi connectivity index (χ3n) is 2.99. The Morgan fingerprint density at radius 1 is 1.36 bits per heavy atom. The first kappa shape index (κ1) is 13.9. The van der Waals surface area contributed by atoms with Gasteiger partial charge < -0.3 is 13.9 Å². The lowest BCUT2D eigenvalue weighted by Crippen LogP contribution is -2.34. The van der Waals surface area contributed by atoms with Crippen LogP contribution in [0.3, 0.4) is 0 Å². The number of fused-ring (bicyclic) bond motifs is 1. The smallest absolute Gasteiger partial charge is 0.271 e. The van der Waals surface area contributed by atoms with Gasteiger partial charge in [-0.05, 0) is 24.3 Å². The second-order valence-corrected chi connectivity index (χ2v) is 4.47. The number of amides is 1. The van der Waals surface area contributed by atoms with Crippen LogP contribution in [0.25, 0.3) is 6.08 Å². The Bertz CT molecular complexity index is 749. The maximum absolute atomic E-state index is 12.2. The molecule has 0 unspecified atom stereocenters. The van der Waals surface area contributed by atoms with Gasteiger partial charge in [-0.25, -0.2) is 5.84 Å². The first-order valence-electron chi connectivity index (χ1n) is 6.41. The van der Waals surface area contributed by atoms with E-state index in [9.17, 15) is 9.59 Å². The van der Waals surface area contributed by atoms with E-state index in [1.54, 1.807) is 30.3 Å². The minimum Gasteiger partial charge on any atom is -0.484 e. The lowest BCUT2D eigenvalue weighted by Gasteiger charge is -2.05. The van der Waals surface area contributed by atoms with Crippen molar-refractivity contribution in [2.45, 2.75) is 0 Å². The van der Waals surface area contributed by atoms with Crippen LogP contribution in [0.15, 0.2) is 46.8 Å². The van der Waals surface area contributed by atoms with Crippen molar-refractivity contribution in [3.63, 3.8) is 0 Å². The molecule has 1 aliphatic heterocycles. The van der Waals surface area contributed by atoms with E-state index in [0.717, 1.165) is 0 Å². The summed E-state index contributed by atoms with van der Waals surface area (Å²) in [7, 11) is 0. The molecule has 2 aromatic rings. The summed E-state index contributed by atoms with van der Waals surface area (Å²) in [5, 5.41) is 0. The number of hydrogen-bond donors (Lipinski definition) is 2.